The molecule has 162 valence electrons. The monoisotopic (exact) mass is 415 g/mol. The number of carbonyl (C=O) groups excluding carboxylic acids is 3. The summed E-state index contributed by atoms with van der Waals surface area (Å²) in [5, 5.41) is 3.49. The zero-order valence-corrected chi connectivity index (χ0v) is 17.9. The molecule has 0 aromatic heterocycles. The molecular formula is C21H29N5O4. The smallest absolute Gasteiger partial charge is 0.328 e. The van der Waals surface area contributed by atoms with Gasteiger partial charge in [-0.15, -0.1) is 0 Å². The van der Waals surface area contributed by atoms with Crippen LogP contribution >= 0.6 is 0 Å². The van der Waals surface area contributed by atoms with Gasteiger partial charge in [0.2, 0.25) is 0 Å². The Kier molecular flexibility index (Phi) is 5.42. The van der Waals surface area contributed by atoms with E-state index < -0.39 is 24.2 Å². The average Bonchev–Trinajstić information content (AvgIpc) is 3.10. The highest BCUT2D eigenvalue weighted by Crippen LogP contribution is 2.34. The third-order valence-corrected chi connectivity index (χ3v) is 6.12. The SMILES string of the molecule is CCOC(=O)CN1C(=O)C2C(NC3N(c4ccc(C)cc4C)CCCN23)N(C)C1=O. The van der Waals surface area contributed by atoms with Crippen molar-refractivity contribution in [1.29, 1.82) is 0 Å². The van der Waals surface area contributed by atoms with Crippen LogP contribution in [-0.2, 0) is 14.3 Å². The van der Waals surface area contributed by atoms with Crippen molar-refractivity contribution >= 4 is 23.6 Å². The fourth-order valence-corrected chi connectivity index (χ4v) is 4.77. The van der Waals surface area contributed by atoms with Gasteiger partial charge in [0.25, 0.3) is 5.91 Å². The number of hydrogen-bond donors (Lipinski definition) is 1. The second kappa shape index (κ2) is 7.88. The Morgan fingerprint density at radius 1 is 1.23 bits per heavy atom. The van der Waals surface area contributed by atoms with Crippen LogP contribution in [0.25, 0.3) is 0 Å². The average molecular weight is 415 g/mol. The van der Waals surface area contributed by atoms with E-state index in [4.69, 9.17) is 4.74 Å². The summed E-state index contributed by atoms with van der Waals surface area (Å²) in [6.45, 7) is 7.29. The Morgan fingerprint density at radius 2 is 2.00 bits per heavy atom. The maximum Gasteiger partial charge on any atom is 0.328 e. The van der Waals surface area contributed by atoms with Crippen LogP contribution in [0.5, 0.6) is 0 Å². The number of hydrogen-bond acceptors (Lipinski definition) is 7. The van der Waals surface area contributed by atoms with Gasteiger partial charge >= 0.3 is 12.0 Å². The number of anilines is 1. The van der Waals surface area contributed by atoms with Crippen molar-refractivity contribution in [3.8, 4) is 0 Å². The Labute approximate surface area is 176 Å². The Balaban J connectivity index is 1.62. The molecule has 30 heavy (non-hydrogen) atoms. The van der Waals surface area contributed by atoms with Crippen molar-refractivity contribution in [1.82, 2.24) is 20.0 Å². The highest BCUT2D eigenvalue weighted by molar-refractivity contribution is 6.02. The molecule has 0 radical (unpaired) electrons. The van der Waals surface area contributed by atoms with Crippen LogP contribution in [0, 0.1) is 13.8 Å². The van der Waals surface area contributed by atoms with Gasteiger partial charge in [-0.05, 0) is 38.8 Å². The van der Waals surface area contributed by atoms with Gasteiger partial charge in [0.1, 0.15) is 25.0 Å². The zero-order valence-electron chi connectivity index (χ0n) is 17.9. The number of urea groups is 1. The van der Waals surface area contributed by atoms with E-state index in [9.17, 15) is 14.4 Å². The summed E-state index contributed by atoms with van der Waals surface area (Å²) in [4.78, 5) is 45.0. The van der Waals surface area contributed by atoms with Gasteiger partial charge in [0.05, 0.1) is 6.61 Å². The van der Waals surface area contributed by atoms with Crippen LogP contribution in [0.3, 0.4) is 0 Å². The van der Waals surface area contributed by atoms with Gasteiger partial charge in [-0.3, -0.25) is 24.7 Å². The Morgan fingerprint density at radius 3 is 2.70 bits per heavy atom. The first-order valence-corrected chi connectivity index (χ1v) is 10.4. The molecule has 1 aromatic rings. The van der Waals surface area contributed by atoms with Gasteiger partial charge < -0.3 is 14.5 Å². The number of ether oxygens (including phenoxy) is 1. The van der Waals surface area contributed by atoms with Crippen molar-refractivity contribution < 1.29 is 19.1 Å². The predicted molar refractivity (Wildman–Crippen MR) is 111 cm³/mol. The lowest BCUT2D eigenvalue weighted by Crippen LogP contribution is -2.67. The molecule has 0 spiro atoms. The number of benzene rings is 1. The van der Waals surface area contributed by atoms with E-state index in [1.54, 1.807) is 14.0 Å². The molecule has 1 aromatic carbocycles. The van der Waals surface area contributed by atoms with E-state index in [2.05, 4.69) is 47.2 Å². The molecule has 4 rings (SSSR count). The third kappa shape index (κ3) is 3.31. The first-order valence-electron chi connectivity index (χ1n) is 10.4. The van der Waals surface area contributed by atoms with E-state index >= 15 is 0 Å². The molecule has 3 aliphatic rings. The molecule has 0 bridgehead atoms. The number of nitrogens with one attached hydrogen (secondary N) is 1. The summed E-state index contributed by atoms with van der Waals surface area (Å²) in [5.74, 6) is -0.933. The highest BCUT2D eigenvalue weighted by Gasteiger charge is 2.56. The normalized spacial score (nSPS) is 26.7. The lowest BCUT2D eigenvalue weighted by atomic mass is 10.1. The van der Waals surface area contributed by atoms with E-state index in [0.29, 0.717) is 0 Å². The van der Waals surface area contributed by atoms with Crippen LogP contribution in [-0.4, -0.2) is 84.4 Å². The minimum Gasteiger partial charge on any atom is -0.465 e. The number of aryl methyl sites for hydroxylation is 2. The predicted octanol–water partition coefficient (Wildman–Crippen LogP) is 0.854. The molecule has 3 heterocycles. The van der Waals surface area contributed by atoms with Crippen molar-refractivity contribution in [2.24, 2.45) is 0 Å². The number of nitrogens with zero attached hydrogens (tertiary/aromatic N) is 4. The standard InChI is InChI=1S/C21H29N5O4/c1-5-30-16(27)12-26-19(28)17-18(23(4)21(26)29)22-20-24(9-6-10-25(17)20)15-8-7-13(2)11-14(15)3/h7-8,11,17-18,20,22H,5-6,9-10,12H2,1-4H3. The minimum absolute atomic E-state index is 0.197. The first-order chi connectivity index (χ1) is 14.3. The van der Waals surface area contributed by atoms with Gasteiger partial charge in [-0.25, -0.2) is 4.79 Å². The molecule has 1 N–H and O–H groups in total. The zero-order chi connectivity index (χ0) is 21.6. The second-order valence-corrected chi connectivity index (χ2v) is 8.13. The van der Waals surface area contributed by atoms with Crippen LogP contribution in [0.4, 0.5) is 10.5 Å². The van der Waals surface area contributed by atoms with Crippen molar-refractivity contribution in [3.05, 3.63) is 29.3 Å². The number of likely N-dealkylation sites (N-methyl/N-ethyl adjacent to an activating group) is 1. The van der Waals surface area contributed by atoms with Crippen molar-refractivity contribution in [2.45, 2.75) is 45.7 Å². The number of carbonyl (C=O) groups is 3. The summed E-state index contributed by atoms with van der Waals surface area (Å²) in [6, 6.07) is 5.32. The van der Waals surface area contributed by atoms with E-state index in [0.717, 1.165) is 30.1 Å². The number of fused-ring (bicyclic) bond motifs is 3. The molecule has 9 heteroatoms. The number of rotatable bonds is 4. The fraction of sp³-hybridized carbons (Fsp3) is 0.571. The van der Waals surface area contributed by atoms with Crippen LogP contribution in [0.2, 0.25) is 0 Å². The summed E-state index contributed by atoms with van der Waals surface area (Å²) < 4.78 is 4.95. The number of esters is 1. The number of imide groups is 1. The summed E-state index contributed by atoms with van der Waals surface area (Å²) in [5.41, 5.74) is 3.49. The molecule has 3 amide bonds. The maximum atomic E-state index is 13.3. The van der Waals surface area contributed by atoms with Gasteiger partial charge in [-0.2, -0.15) is 0 Å². The molecule has 3 atom stereocenters. The molecule has 3 fully saturated rings. The van der Waals surface area contributed by atoms with E-state index in [1.807, 2.05) is 0 Å². The van der Waals surface area contributed by atoms with Gasteiger partial charge in [0.15, 0.2) is 0 Å². The quantitative estimate of drug-likeness (QED) is 0.730. The largest absolute Gasteiger partial charge is 0.465 e. The molecular weight excluding hydrogens is 386 g/mol. The van der Waals surface area contributed by atoms with E-state index in [1.165, 1.54) is 16.0 Å². The summed E-state index contributed by atoms with van der Waals surface area (Å²) >= 11 is 0. The fourth-order valence-electron chi connectivity index (χ4n) is 4.77. The third-order valence-electron chi connectivity index (χ3n) is 6.12. The highest BCUT2D eigenvalue weighted by atomic mass is 16.5. The van der Waals surface area contributed by atoms with Crippen LogP contribution in [0.15, 0.2) is 18.2 Å². The Bertz CT molecular complexity index is 875. The van der Waals surface area contributed by atoms with Crippen LogP contribution in [0.1, 0.15) is 24.5 Å². The molecule has 0 saturated carbocycles. The molecule has 3 saturated heterocycles. The molecule has 0 aliphatic carbocycles. The van der Waals surface area contributed by atoms with Gasteiger partial charge in [0, 0.05) is 25.8 Å². The molecule has 3 unspecified atom stereocenters. The second-order valence-electron chi connectivity index (χ2n) is 8.13. The van der Waals surface area contributed by atoms with Crippen molar-refractivity contribution in [2.75, 3.05) is 38.2 Å². The number of amides is 3. The van der Waals surface area contributed by atoms with Gasteiger partial charge in [-0.1, -0.05) is 17.7 Å². The van der Waals surface area contributed by atoms with Crippen LogP contribution < -0.4 is 10.2 Å². The lowest BCUT2D eigenvalue weighted by molar-refractivity contribution is -0.151. The maximum absolute atomic E-state index is 13.3. The molecule has 9 nitrogen and oxygen atoms in total. The van der Waals surface area contributed by atoms with Crippen molar-refractivity contribution in [3.63, 3.8) is 0 Å². The lowest BCUT2D eigenvalue weighted by Gasteiger charge is -2.44. The summed E-state index contributed by atoms with van der Waals surface area (Å²) in [6.07, 6.45) is 0.258. The van der Waals surface area contributed by atoms with E-state index in [-0.39, 0.29) is 25.3 Å². The first kappa shape index (κ1) is 20.6. The summed E-state index contributed by atoms with van der Waals surface area (Å²) in [7, 11) is 1.66. The topological polar surface area (TPSA) is 85.4 Å². The Hall–Kier alpha value is -2.65. The molecule has 3 aliphatic heterocycles. The minimum atomic E-state index is -0.580.